The number of nitrogens with two attached hydrogens (primary N) is 1. The molecular weight excluding hydrogens is 363 g/mol. The van der Waals surface area contributed by atoms with Crippen molar-refractivity contribution < 1.29 is 9.53 Å². The summed E-state index contributed by atoms with van der Waals surface area (Å²) in [4.78, 5) is 18.8. The van der Waals surface area contributed by atoms with E-state index in [-0.39, 0.29) is 36.8 Å². The van der Waals surface area contributed by atoms with Crippen LogP contribution in [0.3, 0.4) is 0 Å². The molecule has 0 bridgehead atoms. The smallest absolute Gasteiger partial charge is 0.228 e. The van der Waals surface area contributed by atoms with Crippen molar-refractivity contribution in [2.45, 2.75) is 31.8 Å². The summed E-state index contributed by atoms with van der Waals surface area (Å²) in [5.41, 5.74) is 7.17. The Balaban J connectivity index is 0.00000156. The average Bonchev–Trinajstić information content (AvgIpc) is 2.98. The van der Waals surface area contributed by atoms with Crippen molar-refractivity contribution in [3.8, 4) is 0 Å². The number of amides is 1. The van der Waals surface area contributed by atoms with E-state index in [0.29, 0.717) is 13.0 Å². The fraction of sp³-hybridized carbons (Fsp3) is 0.529. The molecule has 140 valence electrons. The van der Waals surface area contributed by atoms with Crippen molar-refractivity contribution in [2.75, 3.05) is 26.2 Å². The molecule has 2 aromatic rings. The van der Waals surface area contributed by atoms with Crippen LogP contribution in [0.1, 0.15) is 25.0 Å². The lowest BCUT2D eigenvalue weighted by Crippen LogP contribution is -2.41. The van der Waals surface area contributed by atoms with Crippen molar-refractivity contribution in [3.63, 3.8) is 0 Å². The fourth-order valence-electron chi connectivity index (χ4n) is 2.94. The van der Waals surface area contributed by atoms with Gasteiger partial charge in [-0.2, -0.15) is 0 Å². The first-order valence-electron chi connectivity index (χ1n) is 8.28. The van der Waals surface area contributed by atoms with Gasteiger partial charge in [0.2, 0.25) is 5.91 Å². The summed E-state index contributed by atoms with van der Waals surface area (Å²) in [7, 11) is 0. The van der Waals surface area contributed by atoms with E-state index in [2.05, 4.69) is 4.98 Å². The number of aromatic nitrogens is 2. The van der Waals surface area contributed by atoms with E-state index in [1.165, 1.54) is 0 Å². The largest absolute Gasteiger partial charge is 0.378 e. The lowest BCUT2D eigenvalue weighted by atomic mass is 10.1. The predicted octanol–water partition coefficient (Wildman–Crippen LogP) is 2.08. The molecule has 0 atom stereocenters. The van der Waals surface area contributed by atoms with Crippen molar-refractivity contribution in [1.29, 1.82) is 0 Å². The third kappa shape index (κ3) is 5.85. The lowest BCUT2D eigenvalue weighted by Gasteiger charge is -2.31. The maximum atomic E-state index is 12.4. The first kappa shape index (κ1) is 21.7. The molecule has 1 aliphatic heterocycles. The molecule has 8 heteroatoms. The SMILES string of the molecule is Cl.Cl.NCCCOC1CCN(C(=O)Cc2cn3ccccc3n2)CC1. The van der Waals surface area contributed by atoms with Crippen LogP contribution < -0.4 is 5.73 Å². The molecule has 1 saturated heterocycles. The standard InChI is InChI=1S/C17H24N4O2.2ClH/c18-7-3-11-23-15-5-9-20(10-6-15)17(22)12-14-13-21-8-2-1-4-16(21)19-14;;/h1-2,4,8,13,15H,3,5-7,9-12,18H2;2*1H. The van der Waals surface area contributed by atoms with Crippen LogP contribution in [0.15, 0.2) is 30.6 Å². The number of ether oxygens (including phenoxy) is 1. The number of halogens is 2. The molecule has 25 heavy (non-hydrogen) atoms. The van der Waals surface area contributed by atoms with Gasteiger partial charge in [0.25, 0.3) is 0 Å². The van der Waals surface area contributed by atoms with Crippen molar-refractivity contribution in [3.05, 3.63) is 36.3 Å². The fourth-order valence-corrected chi connectivity index (χ4v) is 2.94. The number of hydrogen-bond acceptors (Lipinski definition) is 4. The van der Waals surface area contributed by atoms with E-state index in [1.807, 2.05) is 39.9 Å². The molecule has 1 amide bonds. The van der Waals surface area contributed by atoms with E-state index in [4.69, 9.17) is 10.5 Å². The number of rotatable bonds is 6. The van der Waals surface area contributed by atoms with Crippen LogP contribution >= 0.6 is 24.8 Å². The van der Waals surface area contributed by atoms with Crippen LogP contribution in [-0.2, 0) is 16.0 Å². The van der Waals surface area contributed by atoms with E-state index < -0.39 is 0 Å². The molecule has 2 N–H and O–H groups in total. The van der Waals surface area contributed by atoms with Crippen molar-refractivity contribution >= 4 is 36.4 Å². The van der Waals surface area contributed by atoms with Gasteiger partial charge < -0.3 is 19.8 Å². The molecule has 0 aliphatic carbocycles. The highest BCUT2D eigenvalue weighted by molar-refractivity contribution is 5.85. The molecule has 1 fully saturated rings. The van der Waals surface area contributed by atoms with Gasteiger partial charge in [0.1, 0.15) is 5.65 Å². The van der Waals surface area contributed by atoms with Gasteiger partial charge in [-0.1, -0.05) is 6.07 Å². The minimum Gasteiger partial charge on any atom is -0.378 e. The summed E-state index contributed by atoms with van der Waals surface area (Å²) < 4.78 is 7.72. The van der Waals surface area contributed by atoms with Gasteiger partial charge in [0.05, 0.1) is 18.2 Å². The molecule has 6 nitrogen and oxygen atoms in total. The molecule has 0 unspecified atom stereocenters. The van der Waals surface area contributed by atoms with Gasteiger partial charge >= 0.3 is 0 Å². The first-order chi connectivity index (χ1) is 11.3. The molecular formula is C17H26Cl2N4O2. The molecule has 0 radical (unpaired) electrons. The maximum Gasteiger partial charge on any atom is 0.228 e. The Morgan fingerprint density at radius 2 is 2.04 bits per heavy atom. The minimum absolute atomic E-state index is 0. The van der Waals surface area contributed by atoms with Crippen LogP contribution in [0.2, 0.25) is 0 Å². The second-order valence-corrected chi connectivity index (χ2v) is 5.97. The zero-order chi connectivity index (χ0) is 16.1. The van der Waals surface area contributed by atoms with Crippen LogP contribution in [0.5, 0.6) is 0 Å². The summed E-state index contributed by atoms with van der Waals surface area (Å²) in [6.07, 6.45) is 7.20. The predicted molar refractivity (Wildman–Crippen MR) is 103 cm³/mol. The number of imidazole rings is 1. The van der Waals surface area contributed by atoms with Crippen LogP contribution in [0.4, 0.5) is 0 Å². The van der Waals surface area contributed by atoms with E-state index >= 15 is 0 Å². The lowest BCUT2D eigenvalue weighted by molar-refractivity contribution is -0.133. The quantitative estimate of drug-likeness (QED) is 0.768. The Morgan fingerprint density at radius 3 is 2.72 bits per heavy atom. The van der Waals surface area contributed by atoms with Gasteiger partial charge in [-0.25, -0.2) is 4.98 Å². The van der Waals surface area contributed by atoms with Gasteiger partial charge in [-0.15, -0.1) is 24.8 Å². The summed E-state index contributed by atoms with van der Waals surface area (Å²) >= 11 is 0. The monoisotopic (exact) mass is 388 g/mol. The molecule has 3 heterocycles. The number of fused-ring (bicyclic) bond motifs is 1. The maximum absolute atomic E-state index is 12.4. The number of pyridine rings is 1. The Bertz CT molecular complexity index is 624. The third-order valence-corrected chi connectivity index (χ3v) is 4.24. The Hall–Kier alpha value is -1.34. The van der Waals surface area contributed by atoms with Crippen LogP contribution in [0.25, 0.3) is 5.65 Å². The number of carbonyl (C=O) groups excluding carboxylic acids is 1. The number of nitrogens with zero attached hydrogens (tertiary/aromatic N) is 3. The van der Waals surface area contributed by atoms with Crippen molar-refractivity contribution in [1.82, 2.24) is 14.3 Å². The Morgan fingerprint density at radius 1 is 1.28 bits per heavy atom. The average molecular weight is 389 g/mol. The molecule has 1 aliphatic rings. The number of likely N-dealkylation sites (tertiary alicyclic amines) is 1. The summed E-state index contributed by atoms with van der Waals surface area (Å²) in [5.74, 6) is 0.147. The number of piperidine rings is 1. The van der Waals surface area contributed by atoms with Gasteiger partial charge in [0, 0.05) is 32.1 Å². The highest BCUT2D eigenvalue weighted by Crippen LogP contribution is 2.15. The zero-order valence-electron chi connectivity index (χ0n) is 14.2. The molecule has 2 aromatic heterocycles. The molecule has 0 aromatic carbocycles. The molecule has 3 rings (SSSR count). The molecule has 0 spiro atoms. The van der Waals surface area contributed by atoms with Crippen LogP contribution in [-0.4, -0.2) is 52.5 Å². The zero-order valence-corrected chi connectivity index (χ0v) is 15.8. The highest BCUT2D eigenvalue weighted by Gasteiger charge is 2.23. The molecule has 0 saturated carbocycles. The summed E-state index contributed by atoms with van der Waals surface area (Å²) in [6, 6.07) is 5.84. The number of carbonyl (C=O) groups is 1. The van der Waals surface area contributed by atoms with Gasteiger partial charge in [0.15, 0.2) is 0 Å². The number of hydrogen-bond donors (Lipinski definition) is 1. The Kier molecular flexibility index (Phi) is 9.21. The van der Waals surface area contributed by atoms with Gasteiger partial charge in [-0.05, 0) is 37.9 Å². The first-order valence-corrected chi connectivity index (χ1v) is 8.28. The minimum atomic E-state index is 0. The summed E-state index contributed by atoms with van der Waals surface area (Å²) in [6.45, 7) is 2.91. The van der Waals surface area contributed by atoms with E-state index in [0.717, 1.165) is 50.3 Å². The van der Waals surface area contributed by atoms with Crippen LogP contribution in [0, 0.1) is 0 Å². The van der Waals surface area contributed by atoms with E-state index in [1.54, 1.807) is 0 Å². The highest BCUT2D eigenvalue weighted by atomic mass is 35.5. The Labute approximate surface area is 160 Å². The second kappa shape index (κ2) is 10.6. The topological polar surface area (TPSA) is 72.9 Å². The van der Waals surface area contributed by atoms with Gasteiger partial charge in [-0.3, -0.25) is 4.79 Å². The second-order valence-electron chi connectivity index (χ2n) is 5.97. The van der Waals surface area contributed by atoms with E-state index in [9.17, 15) is 4.79 Å². The van der Waals surface area contributed by atoms with Crippen molar-refractivity contribution in [2.24, 2.45) is 5.73 Å². The third-order valence-electron chi connectivity index (χ3n) is 4.24. The normalized spacial score (nSPS) is 14.8. The summed E-state index contributed by atoms with van der Waals surface area (Å²) in [5, 5.41) is 0.